The van der Waals surface area contributed by atoms with Gasteiger partial charge in [0.1, 0.15) is 28.0 Å². The summed E-state index contributed by atoms with van der Waals surface area (Å²) in [6, 6.07) is 11.8. The monoisotopic (exact) mass is 413 g/mol. The summed E-state index contributed by atoms with van der Waals surface area (Å²) >= 11 is 0. The molecule has 0 saturated carbocycles. The van der Waals surface area contributed by atoms with E-state index < -0.39 is 0 Å². The molecule has 8 rings (SSSR count). The van der Waals surface area contributed by atoms with Gasteiger partial charge in [-0.25, -0.2) is 20.0 Å². The molecule has 5 aromatic rings. The van der Waals surface area contributed by atoms with Crippen LogP contribution in [0.4, 0.5) is 11.6 Å². The number of fused-ring (bicyclic) bond motifs is 10. The van der Waals surface area contributed by atoms with E-state index in [0.29, 0.717) is 11.7 Å². The first-order valence-corrected chi connectivity index (χ1v) is 10.3. The van der Waals surface area contributed by atoms with Crippen LogP contribution in [0.5, 0.6) is 0 Å². The first kappa shape index (κ1) is 16.3. The molecule has 0 atom stereocenters. The number of rotatable bonds is 0. The van der Waals surface area contributed by atoms with Crippen LogP contribution in [0.1, 0.15) is 11.3 Å². The number of amidine groups is 2. The second kappa shape index (κ2) is 5.41. The zero-order valence-electron chi connectivity index (χ0n) is 16.8. The highest BCUT2D eigenvalue weighted by Crippen LogP contribution is 2.39. The molecule has 9 nitrogen and oxygen atoms in total. The molecule has 8 heterocycles. The van der Waals surface area contributed by atoms with Crippen LogP contribution >= 0.6 is 0 Å². The van der Waals surface area contributed by atoms with E-state index >= 15 is 0 Å². The molecule has 0 aromatic carbocycles. The Morgan fingerprint density at radius 2 is 1.44 bits per heavy atom. The van der Waals surface area contributed by atoms with Gasteiger partial charge < -0.3 is 8.96 Å². The van der Waals surface area contributed by atoms with Crippen molar-refractivity contribution in [3.05, 3.63) is 77.2 Å². The molecule has 4 bridgehead atoms. The topological polar surface area (TPSA) is 98.0 Å². The van der Waals surface area contributed by atoms with E-state index in [0.717, 1.165) is 55.7 Å². The third-order valence-corrected chi connectivity index (χ3v) is 6.29. The van der Waals surface area contributed by atoms with E-state index in [9.17, 15) is 0 Å². The van der Waals surface area contributed by atoms with Crippen molar-refractivity contribution in [3.63, 3.8) is 0 Å². The van der Waals surface area contributed by atoms with Crippen molar-refractivity contribution in [2.45, 2.75) is 6.82 Å². The minimum atomic E-state index is -0.131. The molecule has 10 heteroatoms. The third-order valence-electron chi connectivity index (χ3n) is 6.29. The van der Waals surface area contributed by atoms with Crippen LogP contribution in [0.3, 0.4) is 0 Å². The third kappa shape index (κ3) is 1.80. The molecule has 0 saturated heterocycles. The number of pyridine rings is 3. The lowest BCUT2D eigenvalue weighted by Gasteiger charge is -2.20. The highest BCUT2D eigenvalue weighted by Gasteiger charge is 2.34. The minimum Gasteiger partial charge on any atom is -0.332 e. The quantitative estimate of drug-likeness (QED) is 0.364. The molecule has 0 radical (unpaired) electrons. The number of hydrogen-bond acceptors (Lipinski definition) is 7. The SMILES string of the molecule is CB1n2c3c4cccnc4c2N=c2c4cccnc4c(n21)=NC1=NC(=N3)c2ncccc21. The Bertz CT molecular complexity index is 1860. The molecule has 5 aromatic heterocycles. The van der Waals surface area contributed by atoms with Gasteiger partial charge in [-0.15, -0.1) is 0 Å². The van der Waals surface area contributed by atoms with Gasteiger partial charge >= 0.3 is 6.98 Å². The van der Waals surface area contributed by atoms with Crippen molar-refractivity contribution in [1.29, 1.82) is 0 Å². The molecule has 0 aliphatic carbocycles. The van der Waals surface area contributed by atoms with Crippen LogP contribution in [-0.2, 0) is 0 Å². The normalized spacial score (nSPS) is 15.2. The summed E-state index contributed by atoms with van der Waals surface area (Å²) < 4.78 is 4.22. The molecule has 0 amide bonds. The van der Waals surface area contributed by atoms with E-state index in [4.69, 9.17) is 20.0 Å². The van der Waals surface area contributed by atoms with E-state index in [1.807, 2.05) is 36.4 Å². The maximum Gasteiger partial charge on any atom is 0.386 e. The molecule has 0 N–H and O–H groups in total. The molecule has 32 heavy (non-hydrogen) atoms. The lowest BCUT2D eigenvalue weighted by molar-refractivity contribution is 0.918. The van der Waals surface area contributed by atoms with Crippen LogP contribution in [-0.4, -0.2) is 42.6 Å². The van der Waals surface area contributed by atoms with Crippen molar-refractivity contribution < 1.29 is 0 Å². The van der Waals surface area contributed by atoms with Crippen LogP contribution in [0.25, 0.3) is 21.8 Å². The van der Waals surface area contributed by atoms with Gasteiger partial charge in [-0.2, -0.15) is 0 Å². The molecule has 3 aliphatic heterocycles. The first-order chi connectivity index (χ1) is 15.8. The Labute approximate surface area is 180 Å². The lowest BCUT2D eigenvalue weighted by Crippen LogP contribution is -2.46. The number of nitrogens with zero attached hydrogens (tertiary/aromatic N) is 9. The second-order valence-corrected chi connectivity index (χ2v) is 7.96. The summed E-state index contributed by atoms with van der Waals surface area (Å²) in [7, 11) is 0. The zero-order valence-corrected chi connectivity index (χ0v) is 16.8. The summed E-state index contributed by atoms with van der Waals surface area (Å²) in [5.74, 6) is 2.67. The molecular weight excluding hydrogens is 401 g/mol. The minimum absolute atomic E-state index is 0.131. The van der Waals surface area contributed by atoms with Crippen molar-refractivity contribution in [1.82, 2.24) is 23.9 Å². The van der Waals surface area contributed by atoms with Gasteiger partial charge in [0.15, 0.2) is 23.0 Å². The van der Waals surface area contributed by atoms with Crippen molar-refractivity contribution >= 4 is 52.1 Å². The maximum atomic E-state index is 5.07. The molecule has 0 fully saturated rings. The van der Waals surface area contributed by atoms with Crippen molar-refractivity contribution in [2.24, 2.45) is 20.0 Å². The standard InChI is InChI=1S/C22H12BN9/c1-23-31-19-12-6-3-10-26-16(12)22(31)30-20-13-7-4-9-25-15(13)21(32(20)23)28-17-11-5-2-8-24-14(11)18(27-17)29-19/h2-10H,1H3. The summed E-state index contributed by atoms with van der Waals surface area (Å²) in [6.07, 6.45) is 5.32. The molecule has 3 aliphatic rings. The highest BCUT2D eigenvalue weighted by atomic mass is 15.3. The second-order valence-electron chi connectivity index (χ2n) is 7.96. The van der Waals surface area contributed by atoms with Gasteiger partial charge in [0.25, 0.3) is 0 Å². The van der Waals surface area contributed by atoms with Crippen molar-refractivity contribution in [3.8, 4) is 0 Å². The number of aromatic nitrogens is 5. The summed E-state index contributed by atoms with van der Waals surface area (Å²) in [5.41, 5.74) is 4.73. The van der Waals surface area contributed by atoms with E-state index in [-0.39, 0.29) is 6.98 Å². The smallest absolute Gasteiger partial charge is 0.332 e. The maximum absolute atomic E-state index is 5.07. The van der Waals surface area contributed by atoms with Crippen LogP contribution < -0.4 is 11.0 Å². The number of aliphatic imine (C=N–C) groups is 2. The molecule has 148 valence electrons. The van der Waals surface area contributed by atoms with Crippen LogP contribution in [0, 0.1) is 0 Å². The van der Waals surface area contributed by atoms with E-state index in [2.05, 4.69) is 30.7 Å². The Kier molecular flexibility index (Phi) is 2.75. The van der Waals surface area contributed by atoms with Gasteiger partial charge in [0.05, 0.1) is 0 Å². The summed E-state index contributed by atoms with van der Waals surface area (Å²) in [4.78, 5) is 33.7. The Morgan fingerprint density at radius 3 is 2.34 bits per heavy atom. The fourth-order valence-electron chi connectivity index (χ4n) is 4.92. The van der Waals surface area contributed by atoms with Crippen molar-refractivity contribution in [2.75, 3.05) is 0 Å². The molecule has 0 unspecified atom stereocenters. The molecule has 0 spiro atoms. The Balaban J connectivity index is 1.69. The predicted octanol–water partition coefficient (Wildman–Crippen LogP) is 2.03. The summed E-state index contributed by atoms with van der Waals surface area (Å²) in [5, 5.41) is 1.88. The van der Waals surface area contributed by atoms with Gasteiger partial charge in [0, 0.05) is 34.9 Å². The Morgan fingerprint density at radius 1 is 0.656 bits per heavy atom. The lowest BCUT2D eigenvalue weighted by atomic mass is 9.78. The van der Waals surface area contributed by atoms with Gasteiger partial charge in [-0.1, -0.05) is 0 Å². The van der Waals surface area contributed by atoms with Crippen LogP contribution in [0.2, 0.25) is 6.82 Å². The average molecular weight is 413 g/mol. The van der Waals surface area contributed by atoms with Gasteiger partial charge in [-0.3, -0.25) is 15.0 Å². The first-order valence-electron chi connectivity index (χ1n) is 10.3. The number of hydrogen-bond donors (Lipinski definition) is 0. The van der Waals surface area contributed by atoms with Gasteiger partial charge in [0.2, 0.25) is 0 Å². The van der Waals surface area contributed by atoms with E-state index in [1.165, 1.54) is 0 Å². The average Bonchev–Trinajstić information content (AvgIpc) is 3.45. The van der Waals surface area contributed by atoms with E-state index in [1.54, 1.807) is 18.6 Å². The fraction of sp³-hybridized carbons (Fsp3) is 0.0455. The Hall–Kier alpha value is -4.47. The van der Waals surface area contributed by atoms with Crippen LogP contribution in [0.15, 0.2) is 75.0 Å². The fourth-order valence-corrected chi connectivity index (χ4v) is 4.92. The predicted molar refractivity (Wildman–Crippen MR) is 121 cm³/mol. The largest absolute Gasteiger partial charge is 0.386 e. The molecular formula is C22H12BN9. The summed E-state index contributed by atoms with van der Waals surface area (Å²) in [6.45, 7) is 1.99. The zero-order chi connectivity index (χ0) is 21.0. The highest BCUT2D eigenvalue weighted by molar-refractivity contribution is 6.56. The van der Waals surface area contributed by atoms with Gasteiger partial charge in [-0.05, 0) is 43.2 Å².